The first-order chi connectivity index (χ1) is 17.0. The maximum atomic E-state index is 14.0. The number of alkyl halides is 3. The van der Waals surface area contributed by atoms with Crippen LogP contribution < -0.4 is 4.74 Å². The molecule has 0 saturated carbocycles. The van der Waals surface area contributed by atoms with Gasteiger partial charge < -0.3 is 19.8 Å². The average molecular weight is 501 g/mol. The van der Waals surface area contributed by atoms with Crippen molar-refractivity contribution in [1.82, 2.24) is 4.90 Å². The van der Waals surface area contributed by atoms with Crippen LogP contribution in [0, 0.1) is 5.82 Å². The summed E-state index contributed by atoms with van der Waals surface area (Å²) in [6.07, 6.45) is -4.62. The molecule has 186 valence electrons. The number of rotatable bonds is 5. The maximum Gasteiger partial charge on any atom is 0.416 e. The van der Waals surface area contributed by atoms with E-state index >= 15 is 0 Å². The molecule has 1 unspecified atom stereocenters. The number of ketones is 1. The summed E-state index contributed by atoms with van der Waals surface area (Å²) in [5.74, 6) is -3.71. The molecule has 1 aliphatic heterocycles. The number of methoxy groups -OCH3 is 1. The predicted octanol–water partition coefficient (Wildman–Crippen LogP) is 5.18. The molecule has 1 aliphatic rings. The fraction of sp³-hybridized carbons (Fsp3) is 0.154. The second kappa shape index (κ2) is 9.37. The quantitative estimate of drug-likeness (QED) is 0.218. The minimum Gasteiger partial charge on any atom is -0.508 e. The van der Waals surface area contributed by atoms with E-state index in [0.29, 0.717) is 0 Å². The van der Waals surface area contributed by atoms with Crippen molar-refractivity contribution in [3.63, 3.8) is 0 Å². The van der Waals surface area contributed by atoms with E-state index in [2.05, 4.69) is 0 Å². The summed E-state index contributed by atoms with van der Waals surface area (Å²) in [7, 11) is 1.27. The smallest absolute Gasteiger partial charge is 0.416 e. The van der Waals surface area contributed by atoms with E-state index in [0.717, 1.165) is 29.2 Å². The van der Waals surface area contributed by atoms with Crippen LogP contribution in [0.3, 0.4) is 0 Å². The number of benzene rings is 3. The molecule has 0 radical (unpaired) electrons. The van der Waals surface area contributed by atoms with E-state index < -0.39 is 53.2 Å². The Labute approximate surface area is 202 Å². The Balaban J connectivity index is 1.88. The number of carbonyl (C=O) groups excluding carboxylic acids is 2. The van der Waals surface area contributed by atoms with Crippen LogP contribution in [0.25, 0.3) is 5.76 Å². The molecular weight excluding hydrogens is 482 g/mol. The highest BCUT2D eigenvalue weighted by Gasteiger charge is 2.46. The van der Waals surface area contributed by atoms with Crippen molar-refractivity contribution in [3.05, 3.63) is 100 Å². The predicted molar refractivity (Wildman–Crippen MR) is 120 cm³/mol. The molecule has 1 saturated heterocycles. The lowest BCUT2D eigenvalue weighted by Crippen LogP contribution is -2.29. The van der Waals surface area contributed by atoms with E-state index in [4.69, 9.17) is 4.74 Å². The summed E-state index contributed by atoms with van der Waals surface area (Å²) in [5, 5.41) is 20.8. The number of phenolic OH excluding ortho intramolecular Hbond substituents is 1. The molecule has 36 heavy (non-hydrogen) atoms. The van der Waals surface area contributed by atoms with Crippen molar-refractivity contribution < 1.29 is 42.1 Å². The lowest BCUT2D eigenvalue weighted by molar-refractivity contribution is -0.140. The van der Waals surface area contributed by atoms with E-state index in [9.17, 15) is 37.4 Å². The molecule has 1 atom stereocenters. The number of hydrogen-bond donors (Lipinski definition) is 2. The third kappa shape index (κ3) is 4.61. The van der Waals surface area contributed by atoms with E-state index in [1.54, 1.807) is 0 Å². The monoisotopic (exact) mass is 501 g/mol. The molecular formula is C26H19F4NO5. The first kappa shape index (κ1) is 24.8. The van der Waals surface area contributed by atoms with E-state index in [1.165, 1.54) is 49.6 Å². The van der Waals surface area contributed by atoms with Gasteiger partial charge in [-0.05, 0) is 53.6 Å². The normalized spacial score (nSPS) is 17.5. The second-order valence-electron chi connectivity index (χ2n) is 8.06. The summed E-state index contributed by atoms with van der Waals surface area (Å²) in [6.45, 7) is -0.392. The minimum atomic E-state index is -4.62. The van der Waals surface area contributed by atoms with Gasteiger partial charge >= 0.3 is 6.18 Å². The fourth-order valence-corrected chi connectivity index (χ4v) is 4.10. The summed E-state index contributed by atoms with van der Waals surface area (Å²) >= 11 is 0. The number of likely N-dealkylation sites (tertiary alicyclic amines) is 1. The lowest BCUT2D eigenvalue weighted by atomic mass is 9.94. The molecule has 4 rings (SSSR count). The Bertz CT molecular complexity index is 1370. The Hall–Kier alpha value is -4.34. The first-order valence-electron chi connectivity index (χ1n) is 10.6. The topological polar surface area (TPSA) is 87.1 Å². The average Bonchev–Trinajstić information content (AvgIpc) is 3.08. The van der Waals surface area contributed by atoms with Crippen molar-refractivity contribution in [2.45, 2.75) is 18.8 Å². The van der Waals surface area contributed by atoms with Crippen LogP contribution in [0.15, 0.2) is 72.3 Å². The van der Waals surface area contributed by atoms with Crippen LogP contribution in [0.5, 0.6) is 11.5 Å². The number of halogens is 4. The Kier molecular flexibility index (Phi) is 6.45. The van der Waals surface area contributed by atoms with Gasteiger partial charge in [-0.3, -0.25) is 9.59 Å². The molecule has 0 aromatic heterocycles. The van der Waals surface area contributed by atoms with Crippen molar-refractivity contribution in [2.75, 3.05) is 7.11 Å². The van der Waals surface area contributed by atoms with Gasteiger partial charge in [0.1, 0.15) is 23.1 Å². The van der Waals surface area contributed by atoms with Gasteiger partial charge in [-0.15, -0.1) is 0 Å². The lowest BCUT2D eigenvalue weighted by Gasteiger charge is -2.26. The zero-order chi connectivity index (χ0) is 26.2. The summed E-state index contributed by atoms with van der Waals surface area (Å²) < 4.78 is 58.8. The van der Waals surface area contributed by atoms with Crippen LogP contribution in [0.4, 0.5) is 17.6 Å². The Morgan fingerprint density at radius 2 is 1.72 bits per heavy atom. The maximum absolute atomic E-state index is 14.0. The van der Waals surface area contributed by atoms with Gasteiger partial charge in [0, 0.05) is 6.54 Å². The Morgan fingerprint density at radius 1 is 1.03 bits per heavy atom. The number of amides is 1. The summed E-state index contributed by atoms with van der Waals surface area (Å²) in [5.41, 5.74) is -1.13. The highest BCUT2D eigenvalue weighted by molar-refractivity contribution is 6.46. The van der Waals surface area contributed by atoms with Crippen LogP contribution in [0.1, 0.15) is 28.3 Å². The number of phenols is 1. The van der Waals surface area contributed by atoms with Crippen molar-refractivity contribution in [3.8, 4) is 11.5 Å². The van der Waals surface area contributed by atoms with Crippen molar-refractivity contribution in [1.29, 1.82) is 0 Å². The van der Waals surface area contributed by atoms with Gasteiger partial charge in [-0.1, -0.05) is 24.3 Å². The highest BCUT2D eigenvalue weighted by Crippen LogP contribution is 2.42. The number of aliphatic hydroxyl groups excluding tert-OH is 1. The van der Waals surface area contributed by atoms with Crippen LogP contribution in [-0.4, -0.2) is 33.9 Å². The summed E-state index contributed by atoms with van der Waals surface area (Å²) in [4.78, 5) is 27.2. The van der Waals surface area contributed by atoms with Gasteiger partial charge in [-0.25, -0.2) is 4.39 Å². The van der Waals surface area contributed by atoms with Crippen molar-refractivity contribution in [2.24, 2.45) is 0 Å². The molecule has 2 N–H and O–H groups in total. The van der Waals surface area contributed by atoms with Crippen LogP contribution in [-0.2, 0) is 22.3 Å². The van der Waals surface area contributed by atoms with Crippen LogP contribution in [0.2, 0.25) is 0 Å². The van der Waals surface area contributed by atoms with Gasteiger partial charge in [0.05, 0.1) is 29.9 Å². The van der Waals surface area contributed by atoms with Crippen molar-refractivity contribution >= 4 is 17.4 Å². The number of ether oxygens (including phenoxy) is 1. The summed E-state index contributed by atoms with van der Waals surface area (Å²) in [6, 6.07) is 11.7. The van der Waals surface area contributed by atoms with E-state index in [1.807, 2.05) is 0 Å². The Morgan fingerprint density at radius 3 is 2.36 bits per heavy atom. The number of nitrogens with zero attached hydrogens (tertiary/aromatic N) is 1. The molecule has 3 aromatic rings. The molecule has 1 heterocycles. The molecule has 6 nitrogen and oxygen atoms in total. The number of hydrogen-bond acceptors (Lipinski definition) is 5. The standard InChI is InChI=1S/C26H19F4NO5/c1-36-20-10-7-17(27)12-19(20)23(33)21-22(15-5-8-18(32)9-6-15)31(25(35)24(21)34)13-14-3-2-4-16(11-14)26(28,29)30/h2-12,22,32-33H,13H2,1H3/b23-21+. The van der Waals surface area contributed by atoms with Gasteiger partial charge in [-0.2, -0.15) is 13.2 Å². The SMILES string of the molecule is COc1ccc(F)cc1/C(O)=C1\C(=O)C(=O)N(Cc2cccc(C(F)(F)F)c2)C1c1ccc(O)cc1. The number of carbonyl (C=O) groups is 2. The first-order valence-corrected chi connectivity index (χ1v) is 10.6. The molecule has 3 aromatic carbocycles. The van der Waals surface area contributed by atoms with E-state index in [-0.39, 0.29) is 28.2 Å². The fourth-order valence-electron chi connectivity index (χ4n) is 4.10. The molecule has 1 amide bonds. The highest BCUT2D eigenvalue weighted by atomic mass is 19.4. The third-order valence-electron chi connectivity index (χ3n) is 5.77. The minimum absolute atomic E-state index is 0.0300. The molecule has 10 heteroatoms. The molecule has 1 fully saturated rings. The third-order valence-corrected chi connectivity index (χ3v) is 5.77. The number of Topliss-reactive ketones (excluding diaryl/α,β-unsaturated/α-hetero) is 1. The van der Waals surface area contributed by atoms with Gasteiger partial charge in [0.25, 0.3) is 11.7 Å². The van der Waals surface area contributed by atoms with Gasteiger partial charge in [0.15, 0.2) is 0 Å². The van der Waals surface area contributed by atoms with Gasteiger partial charge in [0.2, 0.25) is 0 Å². The zero-order valence-electron chi connectivity index (χ0n) is 18.7. The number of aromatic hydroxyl groups is 1. The molecule has 0 bridgehead atoms. The zero-order valence-corrected chi connectivity index (χ0v) is 18.7. The second-order valence-corrected chi connectivity index (χ2v) is 8.06. The number of aliphatic hydroxyl groups is 1. The largest absolute Gasteiger partial charge is 0.508 e. The molecule has 0 spiro atoms. The van der Waals surface area contributed by atoms with Crippen LogP contribution >= 0.6 is 0 Å². The molecule has 0 aliphatic carbocycles.